The largest absolute Gasteiger partial charge is 0.384 e. The summed E-state index contributed by atoms with van der Waals surface area (Å²) in [6.45, 7) is 1.47. The van der Waals surface area contributed by atoms with Gasteiger partial charge in [-0.3, -0.25) is 15.0 Å². The highest BCUT2D eigenvalue weighted by molar-refractivity contribution is 5.98. The summed E-state index contributed by atoms with van der Waals surface area (Å²) in [6, 6.07) is 13.2. The third-order valence-corrected chi connectivity index (χ3v) is 6.93. The fourth-order valence-electron chi connectivity index (χ4n) is 4.96. The number of nitrogen functional groups attached to an aromatic ring is 1. The zero-order chi connectivity index (χ0) is 23.2. The Morgan fingerprint density at radius 3 is 2.41 bits per heavy atom. The summed E-state index contributed by atoms with van der Waals surface area (Å²) in [7, 11) is 0. The molecule has 6 nitrogen and oxygen atoms in total. The lowest BCUT2D eigenvalue weighted by atomic mass is 9.89. The molecule has 1 aliphatic heterocycles. The average Bonchev–Trinajstić information content (AvgIpc) is 2.86. The van der Waals surface area contributed by atoms with Gasteiger partial charge in [-0.15, -0.1) is 12.4 Å². The minimum absolute atomic E-state index is 0. The monoisotopic (exact) mass is 482 g/mol. The van der Waals surface area contributed by atoms with Gasteiger partial charge in [0.25, 0.3) is 5.91 Å². The number of fused-ring (bicyclic) bond motifs is 1. The lowest BCUT2D eigenvalue weighted by Gasteiger charge is -2.30. The lowest BCUT2D eigenvalue weighted by Crippen LogP contribution is -2.36. The van der Waals surface area contributed by atoms with Crippen LogP contribution >= 0.6 is 12.4 Å². The summed E-state index contributed by atoms with van der Waals surface area (Å²) < 4.78 is 0. The number of amides is 2. The Labute approximate surface area is 208 Å². The van der Waals surface area contributed by atoms with E-state index in [-0.39, 0.29) is 30.1 Å². The van der Waals surface area contributed by atoms with Crippen LogP contribution in [-0.2, 0) is 17.6 Å². The molecule has 0 saturated heterocycles. The van der Waals surface area contributed by atoms with E-state index in [0.717, 1.165) is 36.2 Å². The van der Waals surface area contributed by atoms with Crippen LogP contribution in [0.1, 0.15) is 72.0 Å². The van der Waals surface area contributed by atoms with E-state index in [0.29, 0.717) is 36.4 Å². The van der Waals surface area contributed by atoms with Crippen LogP contribution in [0, 0.1) is 11.3 Å². The quantitative estimate of drug-likeness (QED) is 0.396. The molecule has 2 aromatic carbocycles. The number of carbonyl (C=O) groups is 2. The molecule has 0 bridgehead atoms. The number of benzene rings is 2. The maximum atomic E-state index is 13.0. The molecular formula is C27H35ClN4O2. The van der Waals surface area contributed by atoms with Crippen molar-refractivity contribution < 1.29 is 9.59 Å². The SMILES string of the molecule is Cl.N=C(N)c1ccc(CCC(=O)N2CCCc3cc(C(=O)NCC4CCCCC4)ccc32)cc1. The third-order valence-electron chi connectivity index (χ3n) is 6.93. The summed E-state index contributed by atoms with van der Waals surface area (Å²) in [5.74, 6) is 0.735. The van der Waals surface area contributed by atoms with Crippen molar-refractivity contribution in [2.45, 2.75) is 57.8 Å². The highest BCUT2D eigenvalue weighted by atomic mass is 35.5. The zero-order valence-corrected chi connectivity index (χ0v) is 20.5. The molecule has 1 fully saturated rings. The first-order valence-electron chi connectivity index (χ1n) is 12.2. The number of anilines is 1. The minimum Gasteiger partial charge on any atom is -0.384 e. The van der Waals surface area contributed by atoms with Crippen LogP contribution in [-0.4, -0.2) is 30.7 Å². The molecule has 2 amide bonds. The molecule has 2 aliphatic rings. The number of nitrogens with two attached hydrogens (primary N) is 1. The molecule has 34 heavy (non-hydrogen) atoms. The first-order chi connectivity index (χ1) is 16.0. The van der Waals surface area contributed by atoms with E-state index in [2.05, 4.69) is 5.32 Å². The van der Waals surface area contributed by atoms with Gasteiger partial charge in [0.05, 0.1) is 0 Å². The number of rotatable bonds is 7. The smallest absolute Gasteiger partial charge is 0.251 e. The average molecular weight is 483 g/mol. The number of aryl methyl sites for hydroxylation is 2. The van der Waals surface area contributed by atoms with Gasteiger partial charge in [0.15, 0.2) is 0 Å². The number of carbonyl (C=O) groups excluding carboxylic acids is 2. The second kappa shape index (κ2) is 12.0. The van der Waals surface area contributed by atoms with Crippen molar-refractivity contribution in [1.29, 1.82) is 5.41 Å². The molecule has 4 N–H and O–H groups in total. The fourth-order valence-corrected chi connectivity index (χ4v) is 4.96. The predicted molar refractivity (Wildman–Crippen MR) is 139 cm³/mol. The van der Waals surface area contributed by atoms with Gasteiger partial charge in [0.1, 0.15) is 5.84 Å². The van der Waals surface area contributed by atoms with E-state index in [1.165, 1.54) is 32.1 Å². The minimum atomic E-state index is -0.0131. The van der Waals surface area contributed by atoms with Crippen LogP contribution in [0.15, 0.2) is 42.5 Å². The van der Waals surface area contributed by atoms with E-state index >= 15 is 0 Å². The zero-order valence-electron chi connectivity index (χ0n) is 19.6. The van der Waals surface area contributed by atoms with Crippen LogP contribution in [0.5, 0.6) is 0 Å². The molecule has 1 aliphatic carbocycles. The Kier molecular flexibility index (Phi) is 9.11. The number of hydrogen-bond acceptors (Lipinski definition) is 3. The van der Waals surface area contributed by atoms with E-state index in [1.807, 2.05) is 47.4 Å². The second-order valence-electron chi connectivity index (χ2n) is 9.32. The second-order valence-corrected chi connectivity index (χ2v) is 9.32. The molecule has 0 atom stereocenters. The summed E-state index contributed by atoms with van der Waals surface area (Å²) in [5.41, 5.74) is 9.94. The molecule has 1 saturated carbocycles. The van der Waals surface area contributed by atoms with E-state index in [4.69, 9.17) is 11.1 Å². The molecule has 4 rings (SSSR count). The maximum absolute atomic E-state index is 13.0. The van der Waals surface area contributed by atoms with Gasteiger partial charge in [0, 0.05) is 36.3 Å². The number of halogens is 1. The van der Waals surface area contributed by atoms with Crippen LogP contribution in [0.4, 0.5) is 5.69 Å². The van der Waals surface area contributed by atoms with Gasteiger partial charge in [-0.1, -0.05) is 43.5 Å². The molecule has 7 heteroatoms. The van der Waals surface area contributed by atoms with Gasteiger partial charge >= 0.3 is 0 Å². The Hall–Kier alpha value is -2.86. The Morgan fingerprint density at radius 1 is 1.00 bits per heavy atom. The summed E-state index contributed by atoms with van der Waals surface area (Å²) >= 11 is 0. The number of nitrogens with zero attached hydrogens (tertiary/aromatic N) is 1. The van der Waals surface area contributed by atoms with Crippen molar-refractivity contribution in [3.8, 4) is 0 Å². The molecule has 2 aromatic rings. The Balaban J connectivity index is 0.00000324. The summed E-state index contributed by atoms with van der Waals surface area (Å²) in [4.78, 5) is 27.6. The molecule has 0 radical (unpaired) electrons. The van der Waals surface area contributed by atoms with Crippen LogP contribution < -0.4 is 16.0 Å². The normalized spacial score (nSPS) is 15.7. The summed E-state index contributed by atoms with van der Waals surface area (Å²) in [6.07, 6.45) is 9.13. The Bertz CT molecular complexity index is 1020. The van der Waals surface area contributed by atoms with Crippen molar-refractivity contribution >= 4 is 35.7 Å². The van der Waals surface area contributed by atoms with Crippen LogP contribution in [0.25, 0.3) is 0 Å². The van der Waals surface area contributed by atoms with Crippen molar-refractivity contribution in [3.63, 3.8) is 0 Å². The van der Waals surface area contributed by atoms with E-state index in [1.54, 1.807) is 0 Å². The van der Waals surface area contributed by atoms with Crippen molar-refractivity contribution in [2.75, 3.05) is 18.0 Å². The van der Waals surface area contributed by atoms with E-state index < -0.39 is 0 Å². The molecule has 0 spiro atoms. The van der Waals surface area contributed by atoms with Gasteiger partial charge in [-0.25, -0.2) is 0 Å². The van der Waals surface area contributed by atoms with Crippen molar-refractivity contribution in [3.05, 3.63) is 64.7 Å². The number of nitrogens with one attached hydrogen (secondary N) is 2. The molecule has 182 valence electrons. The third kappa shape index (κ3) is 6.38. The number of hydrogen-bond donors (Lipinski definition) is 3. The standard InChI is InChI=1S/C27H34N4O2.ClH/c28-26(29)21-11-8-19(9-12-21)10-15-25(32)31-16-4-7-22-17-23(13-14-24(22)31)27(33)30-18-20-5-2-1-3-6-20;/h8-9,11-14,17,20H,1-7,10,15-16,18H2,(H3,28,29)(H,30,33);1H. The van der Waals surface area contributed by atoms with Crippen LogP contribution in [0.3, 0.4) is 0 Å². The van der Waals surface area contributed by atoms with Crippen molar-refractivity contribution in [1.82, 2.24) is 5.32 Å². The van der Waals surface area contributed by atoms with E-state index in [9.17, 15) is 9.59 Å². The topological polar surface area (TPSA) is 99.3 Å². The molecule has 1 heterocycles. The van der Waals surface area contributed by atoms with Crippen LogP contribution in [0.2, 0.25) is 0 Å². The van der Waals surface area contributed by atoms with Gasteiger partial charge in [-0.05, 0) is 67.3 Å². The van der Waals surface area contributed by atoms with Gasteiger partial charge in [0.2, 0.25) is 5.91 Å². The van der Waals surface area contributed by atoms with Crippen molar-refractivity contribution in [2.24, 2.45) is 11.7 Å². The highest BCUT2D eigenvalue weighted by Crippen LogP contribution is 2.29. The fraction of sp³-hybridized carbons (Fsp3) is 0.444. The molecule has 0 unspecified atom stereocenters. The molecular weight excluding hydrogens is 448 g/mol. The maximum Gasteiger partial charge on any atom is 0.251 e. The highest BCUT2D eigenvalue weighted by Gasteiger charge is 2.23. The first kappa shape index (κ1) is 25.8. The van der Waals surface area contributed by atoms with Gasteiger partial charge < -0.3 is 16.0 Å². The molecule has 0 aromatic heterocycles. The lowest BCUT2D eigenvalue weighted by molar-refractivity contribution is -0.118. The Morgan fingerprint density at radius 2 is 1.71 bits per heavy atom. The first-order valence-corrected chi connectivity index (χ1v) is 12.2. The predicted octanol–water partition coefficient (Wildman–Crippen LogP) is 4.61. The number of amidine groups is 1. The van der Waals surface area contributed by atoms with Gasteiger partial charge in [-0.2, -0.15) is 0 Å². The summed E-state index contributed by atoms with van der Waals surface area (Å²) in [5, 5.41) is 10.6.